The second kappa shape index (κ2) is 13.6. The lowest BCUT2D eigenvalue weighted by molar-refractivity contribution is -0.154. The van der Waals surface area contributed by atoms with Gasteiger partial charge in [0.05, 0.1) is 6.61 Å². The molecule has 1 fully saturated rings. The lowest BCUT2D eigenvalue weighted by Crippen LogP contribution is -2.41. The fourth-order valence-electron chi connectivity index (χ4n) is 2.93. The molecule has 7 heteroatoms. The van der Waals surface area contributed by atoms with Gasteiger partial charge >= 0.3 is 5.97 Å². The number of rotatable bonds is 9. The van der Waals surface area contributed by atoms with Gasteiger partial charge in [0.15, 0.2) is 5.96 Å². The van der Waals surface area contributed by atoms with Gasteiger partial charge in [-0.15, -0.1) is 24.0 Å². The van der Waals surface area contributed by atoms with Crippen molar-refractivity contribution in [3.63, 3.8) is 0 Å². The van der Waals surface area contributed by atoms with E-state index in [4.69, 9.17) is 9.47 Å². The Kier molecular flexibility index (Phi) is 13.3. The molecule has 0 amide bonds. The van der Waals surface area contributed by atoms with Crippen molar-refractivity contribution in [1.29, 1.82) is 0 Å². The number of halogens is 1. The number of unbranched alkanes of at least 4 members (excludes halogenated alkanes) is 3. The Morgan fingerprint density at radius 1 is 1.27 bits per heavy atom. The highest BCUT2D eigenvalue weighted by Crippen LogP contribution is 2.13. The molecule has 0 aromatic rings. The summed E-state index contributed by atoms with van der Waals surface area (Å²) in [5, 5.41) is 3.42. The van der Waals surface area contributed by atoms with Crippen LogP contribution in [0.5, 0.6) is 0 Å². The number of guanidine groups is 1. The first-order chi connectivity index (χ1) is 11.8. The summed E-state index contributed by atoms with van der Waals surface area (Å²) in [6.07, 6.45) is 5.78. The van der Waals surface area contributed by atoms with E-state index >= 15 is 0 Å². The minimum absolute atomic E-state index is 0. The summed E-state index contributed by atoms with van der Waals surface area (Å²) in [7, 11) is 3.90. The summed E-state index contributed by atoms with van der Waals surface area (Å²) < 4.78 is 10.7. The zero-order valence-corrected chi connectivity index (χ0v) is 19.5. The molecule has 0 aliphatic carbocycles. The van der Waals surface area contributed by atoms with E-state index in [0.29, 0.717) is 12.3 Å². The molecule has 1 saturated heterocycles. The number of ether oxygens (including phenoxy) is 2. The number of nitrogens with zero attached hydrogens (tertiary/aromatic N) is 2. The van der Waals surface area contributed by atoms with Gasteiger partial charge in [-0.1, -0.05) is 12.8 Å². The maximum absolute atomic E-state index is 11.6. The third-order valence-electron chi connectivity index (χ3n) is 4.14. The lowest BCUT2D eigenvalue weighted by Gasteiger charge is -2.24. The number of esters is 1. The molecular formula is C19H38IN3O3. The van der Waals surface area contributed by atoms with Crippen LogP contribution in [0.3, 0.4) is 0 Å². The van der Waals surface area contributed by atoms with Crippen molar-refractivity contribution in [2.45, 2.75) is 64.9 Å². The first-order valence-electron chi connectivity index (χ1n) is 9.53. The second-order valence-electron chi connectivity index (χ2n) is 7.83. The van der Waals surface area contributed by atoms with E-state index in [1.807, 2.05) is 27.8 Å². The molecule has 1 heterocycles. The van der Waals surface area contributed by atoms with Crippen molar-refractivity contribution in [2.24, 2.45) is 10.9 Å². The normalized spacial score (nSPS) is 17.6. The molecule has 1 unspecified atom stereocenters. The molecule has 1 aliphatic heterocycles. The molecule has 1 aliphatic rings. The van der Waals surface area contributed by atoms with Gasteiger partial charge in [0.2, 0.25) is 0 Å². The van der Waals surface area contributed by atoms with Gasteiger partial charge in [-0.05, 0) is 40.0 Å². The van der Waals surface area contributed by atoms with Crippen LogP contribution in [0.1, 0.15) is 59.3 Å². The van der Waals surface area contributed by atoms with Gasteiger partial charge in [-0.2, -0.15) is 0 Å². The van der Waals surface area contributed by atoms with Crippen LogP contribution in [-0.4, -0.2) is 62.8 Å². The van der Waals surface area contributed by atoms with Gasteiger partial charge in [0.1, 0.15) is 5.60 Å². The summed E-state index contributed by atoms with van der Waals surface area (Å²) in [4.78, 5) is 18.2. The minimum Gasteiger partial charge on any atom is -0.460 e. The summed E-state index contributed by atoms with van der Waals surface area (Å²) in [5.74, 6) is 1.46. The number of hydrogen-bond acceptors (Lipinski definition) is 4. The maximum Gasteiger partial charge on any atom is 0.306 e. The average Bonchev–Trinajstić information content (AvgIpc) is 3.01. The SMILES string of the molecule is CN=C(NCCCCCCC(=O)OC(C)(C)C)N(C)CC1CCOC1.I. The van der Waals surface area contributed by atoms with Crippen LogP contribution in [0.2, 0.25) is 0 Å². The Bertz CT molecular complexity index is 419. The Morgan fingerprint density at radius 2 is 1.96 bits per heavy atom. The van der Waals surface area contributed by atoms with E-state index in [9.17, 15) is 4.79 Å². The van der Waals surface area contributed by atoms with Crippen LogP contribution in [-0.2, 0) is 14.3 Å². The molecule has 0 saturated carbocycles. The van der Waals surface area contributed by atoms with E-state index in [1.165, 1.54) is 0 Å². The number of nitrogens with one attached hydrogen (secondary N) is 1. The summed E-state index contributed by atoms with van der Waals surface area (Å²) in [6, 6.07) is 0. The number of aliphatic imine (C=N–C) groups is 1. The van der Waals surface area contributed by atoms with Gasteiger partial charge in [0.25, 0.3) is 0 Å². The molecule has 1 rings (SSSR count). The summed E-state index contributed by atoms with van der Waals surface area (Å²) in [5.41, 5.74) is -0.381. The molecule has 1 N–H and O–H groups in total. The molecule has 6 nitrogen and oxygen atoms in total. The number of carbonyl (C=O) groups is 1. The predicted octanol–water partition coefficient (Wildman–Crippen LogP) is 3.44. The van der Waals surface area contributed by atoms with Crippen molar-refractivity contribution in [2.75, 3.05) is 40.4 Å². The molecule has 0 aromatic carbocycles. The zero-order chi connectivity index (χ0) is 18.7. The van der Waals surface area contributed by atoms with E-state index < -0.39 is 0 Å². The van der Waals surface area contributed by atoms with Crippen molar-refractivity contribution < 1.29 is 14.3 Å². The Morgan fingerprint density at radius 3 is 2.54 bits per heavy atom. The topological polar surface area (TPSA) is 63.2 Å². The second-order valence-corrected chi connectivity index (χ2v) is 7.83. The number of carbonyl (C=O) groups excluding carboxylic acids is 1. The molecule has 0 aromatic heterocycles. The molecule has 154 valence electrons. The smallest absolute Gasteiger partial charge is 0.306 e. The highest BCUT2D eigenvalue weighted by Gasteiger charge is 2.19. The monoisotopic (exact) mass is 483 g/mol. The van der Waals surface area contributed by atoms with Crippen molar-refractivity contribution >= 4 is 35.9 Å². The largest absolute Gasteiger partial charge is 0.460 e. The lowest BCUT2D eigenvalue weighted by atomic mass is 10.1. The number of hydrogen-bond donors (Lipinski definition) is 1. The van der Waals surface area contributed by atoms with Crippen LogP contribution in [0.4, 0.5) is 0 Å². The van der Waals surface area contributed by atoms with Gasteiger partial charge in [0, 0.05) is 46.1 Å². The standard InChI is InChI=1S/C19H37N3O3.HI/c1-19(2,3)25-17(23)10-8-6-7-9-12-21-18(20-4)22(5)14-16-11-13-24-15-16;/h16H,6-15H2,1-5H3,(H,20,21);1H. The van der Waals surface area contributed by atoms with Gasteiger partial charge in [-0.25, -0.2) is 0 Å². The summed E-state index contributed by atoms with van der Waals surface area (Å²) >= 11 is 0. The van der Waals surface area contributed by atoms with Crippen LogP contribution in [0, 0.1) is 5.92 Å². The molecule has 0 bridgehead atoms. The van der Waals surface area contributed by atoms with Gasteiger partial charge in [-0.3, -0.25) is 9.79 Å². The quantitative estimate of drug-likeness (QED) is 0.179. The van der Waals surface area contributed by atoms with Crippen molar-refractivity contribution in [1.82, 2.24) is 10.2 Å². The fourth-order valence-corrected chi connectivity index (χ4v) is 2.93. The fraction of sp³-hybridized carbons (Fsp3) is 0.895. The third kappa shape index (κ3) is 11.9. The van der Waals surface area contributed by atoms with Gasteiger partial charge < -0.3 is 19.7 Å². The zero-order valence-electron chi connectivity index (χ0n) is 17.2. The molecular weight excluding hydrogens is 445 g/mol. The maximum atomic E-state index is 11.6. The average molecular weight is 483 g/mol. The highest BCUT2D eigenvalue weighted by molar-refractivity contribution is 14.0. The van der Waals surface area contributed by atoms with E-state index in [2.05, 4.69) is 22.3 Å². The van der Waals surface area contributed by atoms with Crippen LogP contribution < -0.4 is 5.32 Å². The van der Waals surface area contributed by atoms with E-state index in [-0.39, 0.29) is 35.5 Å². The van der Waals surface area contributed by atoms with E-state index in [1.54, 1.807) is 0 Å². The van der Waals surface area contributed by atoms with Crippen LogP contribution in [0.15, 0.2) is 4.99 Å². The molecule has 0 spiro atoms. The Hall–Kier alpha value is -0.570. The predicted molar refractivity (Wildman–Crippen MR) is 117 cm³/mol. The highest BCUT2D eigenvalue weighted by atomic mass is 127. The minimum atomic E-state index is -0.381. The first-order valence-corrected chi connectivity index (χ1v) is 9.53. The molecule has 26 heavy (non-hydrogen) atoms. The third-order valence-corrected chi connectivity index (χ3v) is 4.14. The Balaban J connectivity index is 0.00000625. The molecule has 0 radical (unpaired) electrons. The summed E-state index contributed by atoms with van der Waals surface area (Å²) in [6.45, 7) is 9.34. The van der Waals surface area contributed by atoms with E-state index in [0.717, 1.165) is 64.4 Å². The Labute approximate surface area is 176 Å². The van der Waals surface area contributed by atoms with Crippen LogP contribution in [0.25, 0.3) is 0 Å². The first kappa shape index (κ1) is 25.4. The van der Waals surface area contributed by atoms with Crippen LogP contribution >= 0.6 is 24.0 Å². The van der Waals surface area contributed by atoms with Crippen molar-refractivity contribution in [3.8, 4) is 0 Å². The molecule has 1 atom stereocenters. The van der Waals surface area contributed by atoms with Crippen molar-refractivity contribution in [3.05, 3.63) is 0 Å².